The minimum atomic E-state index is -4.34. The van der Waals surface area contributed by atoms with E-state index in [1.807, 2.05) is 11.6 Å². The second kappa shape index (κ2) is 5.24. The van der Waals surface area contributed by atoms with Crippen LogP contribution in [0.4, 0.5) is 13.2 Å². The summed E-state index contributed by atoms with van der Waals surface area (Å²) < 4.78 is 40.2. The second-order valence-electron chi connectivity index (χ2n) is 6.12. The SMILES string of the molecule is CC1CN(Cc2nc3cc(C(F)(F)F)ccc3n2C)CC1N. The van der Waals surface area contributed by atoms with Crippen LogP contribution in [-0.2, 0) is 19.8 Å². The van der Waals surface area contributed by atoms with Crippen molar-refractivity contribution in [2.75, 3.05) is 13.1 Å². The highest BCUT2D eigenvalue weighted by atomic mass is 19.4. The highest BCUT2D eigenvalue weighted by Gasteiger charge is 2.31. The number of aromatic nitrogens is 2. The van der Waals surface area contributed by atoms with Crippen LogP contribution in [0.2, 0.25) is 0 Å². The Morgan fingerprint density at radius 2 is 2.05 bits per heavy atom. The van der Waals surface area contributed by atoms with E-state index in [1.165, 1.54) is 6.07 Å². The molecule has 2 aromatic rings. The van der Waals surface area contributed by atoms with E-state index in [2.05, 4.69) is 16.8 Å². The summed E-state index contributed by atoms with van der Waals surface area (Å²) in [5.41, 5.74) is 6.43. The Labute approximate surface area is 126 Å². The van der Waals surface area contributed by atoms with Crippen molar-refractivity contribution in [1.29, 1.82) is 0 Å². The Bertz CT molecular complexity index is 682. The number of alkyl halides is 3. The molecule has 0 bridgehead atoms. The highest BCUT2D eigenvalue weighted by molar-refractivity contribution is 5.77. The Morgan fingerprint density at radius 3 is 2.64 bits per heavy atom. The Hall–Kier alpha value is -1.60. The van der Waals surface area contributed by atoms with Gasteiger partial charge in [0, 0.05) is 26.2 Å². The van der Waals surface area contributed by atoms with Crippen molar-refractivity contribution in [1.82, 2.24) is 14.5 Å². The minimum Gasteiger partial charge on any atom is -0.330 e. The van der Waals surface area contributed by atoms with Gasteiger partial charge in [0.25, 0.3) is 0 Å². The van der Waals surface area contributed by atoms with Gasteiger partial charge in [-0.2, -0.15) is 13.2 Å². The Morgan fingerprint density at radius 1 is 1.32 bits per heavy atom. The predicted molar refractivity (Wildman–Crippen MR) is 78.1 cm³/mol. The molecule has 2 heterocycles. The molecule has 1 aliphatic heterocycles. The average molecular weight is 312 g/mol. The van der Waals surface area contributed by atoms with Crippen molar-refractivity contribution >= 4 is 11.0 Å². The second-order valence-corrected chi connectivity index (χ2v) is 6.12. The lowest BCUT2D eigenvalue weighted by Gasteiger charge is -2.14. The Kier molecular flexibility index (Phi) is 3.65. The van der Waals surface area contributed by atoms with E-state index in [1.54, 1.807) is 0 Å². The van der Waals surface area contributed by atoms with Crippen molar-refractivity contribution in [2.45, 2.75) is 25.7 Å². The Balaban J connectivity index is 1.89. The first kappa shape index (κ1) is 15.3. The van der Waals surface area contributed by atoms with E-state index in [-0.39, 0.29) is 6.04 Å². The van der Waals surface area contributed by atoms with Crippen molar-refractivity contribution in [3.05, 3.63) is 29.6 Å². The normalized spacial score (nSPS) is 23.5. The summed E-state index contributed by atoms with van der Waals surface area (Å²) in [5, 5.41) is 0. The lowest BCUT2D eigenvalue weighted by atomic mass is 10.1. The summed E-state index contributed by atoms with van der Waals surface area (Å²) in [6.07, 6.45) is -4.34. The van der Waals surface area contributed by atoms with Gasteiger partial charge in [-0.05, 0) is 24.1 Å². The molecule has 1 aliphatic rings. The monoisotopic (exact) mass is 312 g/mol. The lowest BCUT2D eigenvalue weighted by molar-refractivity contribution is -0.137. The van der Waals surface area contributed by atoms with Crippen LogP contribution in [0.5, 0.6) is 0 Å². The molecule has 0 aliphatic carbocycles. The third-order valence-corrected chi connectivity index (χ3v) is 4.41. The quantitative estimate of drug-likeness (QED) is 0.926. The van der Waals surface area contributed by atoms with Crippen LogP contribution >= 0.6 is 0 Å². The maximum Gasteiger partial charge on any atom is 0.416 e. The van der Waals surface area contributed by atoms with Gasteiger partial charge in [-0.25, -0.2) is 4.98 Å². The zero-order valence-electron chi connectivity index (χ0n) is 12.6. The summed E-state index contributed by atoms with van der Waals surface area (Å²) in [4.78, 5) is 6.58. The first-order chi connectivity index (χ1) is 10.3. The van der Waals surface area contributed by atoms with Crippen LogP contribution in [0.15, 0.2) is 18.2 Å². The van der Waals surface area contributed by atoms with Crippen molar-refractivity contribution in [2.24, 2.45) is 18.7 Å². The maximum absolute atomic E-state index is 12.8. The zero-order valence-corrected chi connectivity index (χ0v) is 12.6. The van der Waals surface area contributed by atoms with Gasteiger partial charge in [-0.1, -0.05) is 6.92 Å². The number of hydrogen-bond donors (Lipinski definition) is 1. The van der Waals surface area contributed by atoms with Gasteiger partial charge >= 0.3 is 6.18 Å². The standard InChI is InChI=1S/C15H19F3N4/c1-9-6-22(7-11(9)19)8-14-20-12-5-10(15(16,17)18)3-4-13(12)21(14)2/h3-5,9,11H,6-8,19H2,1-2H3. The van der Waals surface area contributed by atoms with E-state index >= 15 is 0 Å². The molecule has 2 unspecified atom stereocenters. The number of nitrogens with zero attached hydrogens (tertiary/aromatic N) is 3. The van der Waals surface area contributed by atoms with Gasteiger partial charge in [0.1, 0.15) is 5.82 Å². The van der Waals surface area contributed by atoms with Gasteiger partial charge < -0.3 is 10.3 Å². The van der Waals surface area contributed by atoms with Gasteiger partial charge in [0.05, 0.1) is 23.1 Å². The van der Waals surface area contributed by atoms with E-state index in [0.29, 0.717) is 23.5 Å². The molecule has 1 saturated heterocycles. The topological polar surface area (TPSA) is 47.1 Å². The van der Waals surface area contributed by atoms with E-state index in [9.17, 15) is 13.2 Å². The summed E-state index contributed by atoms with van der Waals surface area (Å²) in [6, 6.07) is 3.83. The van der Waals surface area contributed by atoms with Gasteiger partial charge in [0.2, 0.25) is 0 Å². The van der Waals surface area contributed by atoms with Crippen molar-refractivity contribution < 1.29 is 13.2 Å². The smallest absolute Gasteiger partial charge is 0.330 e. The molecule has 7 heteroatoms. The van der Waals surface area contributed by atoms with E-state index in [4.69, 9.17) is 5.73 Å². The minimum absolute atomic E-state index is 0.145. The van der Waals surface area contributed by atoms with E-state index < -0.39 is 11.7 Å². The van der Waals surface area contributed by atoms with Gasteiger partial charge in [-0.15, -0.1) is 0 Å². The molecule has 1 aromatic heterocycles. The molecule has 2 N–H and O–H groups in total. The predicted octanol–water partition coefficient (Wildman–Crippen LogP) is 2.37. The molecule has 0 amide bonds. The fourth-order valence-corrected chi connectivity index (χ4v) is 2.99. The molecule has 1 aromatic carbocycles. The summed E-state index contributed by atoms with van der Waals surface area (Å²) in [7, 11) is 1.83. The van der Waals surface area contributed by atoms with E-state index in [0.717, 1.165) is 31.0 Å². The van der Waals surface area contributed by atoms with Crippen LogP contribution < -0.4 is 5.73 Å². The first-order valence-electron chi connectivity index (χ1n) is 7.26. The maximum atomic E-state index is 12.8. The van der Waals surface area contributed by atoms with Crippen LogP contribution in [-0.4, -0.2) is 33.6 Å². The third kappa shape index (κ3) is 2.70. The molecule has 120 valence electrons. The molecule has 22 heavy (non-hydrogen) atoms. The number of fused-ring (bicyclic) bond motifs is 1. The lowest BCUT2D eigenvalue weighted by Crippen LogP contribution is -2.28. The fraction of sp³-hybridized carbons (Fsp3) is 0.533. The molecular weight excluding hydrogens is 293 g/mol. The van der Waals surface area contributed by atoms with Crippen LogP contribution in [0.25, 0.3) is 11.0 Å². The van der Waals surface area contributed by atoms with Crippen molar-refractivity contribution in [3.8, 4) is 0 Å². The zero-order chi connectivity index (χ0) is 16.1. The molecule has 1 fully saturated rings. The van der Waals surface area contributed by atoms with Crippen molar-refractivity contribution in [3.63, 3.8) is 0 Å². The van der Waals surface area contributed by atoms with Crippen LogP contribution in [0.3, 0.4) is 0 Å². The molecule has 4 nitrogen and oxygen atoms in total. The summed E-state index contributed by atoms with van der Waals surface area (Å²) in [6.45, 7) is 4.39. The fourth-order valence-electron chi connectivity index (χ4n) is 2.99. The number of rotatable bonds is 2. The van der Waals surface area contributed by atoms with Gasteiger partial charge in [-0.3, -0.25) is 4.90 Å². The molecule has 0 spiro atoms. The van der Waals surface area contributed by atoms with Crippen LogP contribution in [0.1, 0.15) is 18.3 Å². The number of nitrogens with two attached hydrogens (primary N) is 1. The average Bonchev–Trinajstić information content (AvgIpc) is 2.90. The first-order valence-corrected chi connectivity index (χ1v) is 7.26. The number of hydrogen-bond acceptors (Lipinski definition) is 3. The number of likely N-dealkylation sites (tertiary alicyclic amines) is 1. The number of benzene rings is 1. The molecule has 0 saturated carbocycles. The molecule has 2 atom stereocenters. The largest absolute Gasteiger partial charge is 0.416 e. The number of imidazole rings is 1. The highest BCUT2D eigenvalue weighted by Crippen LogP contribution is 2.31. The number of aryl methyl sites for hydroxylation is 1. The molecule has 0 radical (unpaired) electrons. The van der Waals surface area contributed by atoms with Crippen LogP contribution in [0, 0.1) is 5.92 Å². The number of halogens is 3. The molecule has 3 rings (SSSR count). The third-order valence-electron chi connectivity index (χ3n) is 4.41. The summed E-state index contributed by atoms with van der Waals surface area (Å²) in [5.74, 6) is 1.18. The van der Waals surface area contributed by atoms with Gasteiger partial charge in [0.15, 0.2) is 0 Å². The summed E-state index contributed by atoms with van der Waals surface area (Å²) >= 11 is 0. The molecular formula is C15H19F3N4.